The van der Waals surface area contributed by atoms with Crippen molar-refractivity contribution < 1.29 is 4.79 Å². The number of hydrogen-bond acceptors (Lipinski definition) is 5. The first-order chi connectivity index (χ1) is 14.1. The van der Waals surface area contributed by atoms with Gasteiger partial charge < -0.3 is 4.90 Å². The Morgan fingerprint density at radius 3 is 2.79 bits per heavy atom. The van der Waals surface area contributed by atoms with Crippen LogP contribution in [0.5, 0.6) is 0 Å². The van der Waals surface area contributed by atoms with E-state index in [0.717, 1.165) is 24.3 Å². The highest BCUT2D eigenvalue weighted by molar-refractivity contribution is 7.14. The molecular weight excluding hydrogens is 382 g/mol. The number of piperidine rings is 1. The molecule has 152 valence electrons. The molecule has 1 N–H and O–H groups in total. The molecule has 3 heterocycles. The quantitative estimate of drug-likeness (QED) is 0.657. The van der Waals surface area contributed by atoms with E-state index < -0.39 is 0 Å². The normalized spacial score (nSPS) is 14.8. The van der Waals surface area contributed by atoms with Crippen molar-refractivity contribution in [2.75, 3.05) is 25.0 Å². The molecule has 0 radical (unpaired) electrons. The minimum atomic E-state index is -0.171. The highest BCUT2D eigenvalue weighted by atomic mass is 32.1. The fourth-order valence-corrected chi connectivity index (χ4v) is 4.46. The molecule has 0 aliphatic carbocycles. The summed E-state index contributed by atoms with van der Waals surface area (Å²) in [7, 11) is 0. The Morgan fingerprint density at radius 1 is 1.17 bits per heavy atom. The summed E-state index contributed by atoms with van der Waals surface area (Å²) >= 11 is 1.44. The van der Waals surface area contributed by atoms with Crippen molar-refractivity contribution in [1.82, 2.24) is 19.7 Å². The number of rotatable bonds is 6. The molecule has 0 spiro atoms. The Bertz CT molecular complexity index is 987. The van der Waals surface area contributed by atoms with Gasteiger partial charge >= 0.3 is 0 Å². The summed E-state index contributed by atoms with van der Waals surface area (Å²) in [5, 5.41) is 9.84. The first-order valence-electron chi connectivity index (χ1n) is 10.2. The molecule has 0 bridgehead atoms. The molecule has 1 amide bonds. The number of aryl methyl sites for hydroxylation is 2. The largest absolute Gasteiger partial charge is 0.301 e. The van der Waals surface area contributed by atoms with Crippen molar-refractivity contribution in [3.05, 3.63) is 52.7 Å². The third-order valence-corrected chi connectivity index (χ3v) is 6.13. The van der Waals surface area contributed by atoms with Crippen LogP contribution in [0, 0.1) is 13.8 Å². The Hall–Kier alpha value is -2.51. The van der Waals surface area contributed by atoms with Crippen LogP contribution in [0.25, 0.3) is 11.3 Å². The van der Waals surface area contributed by atoms with Crippen molar-refractivity contribution in [2.24, 2.45) is 0 Å². The van der Waals surface area contributed by atoms with Crippen LogP contribution < -0.4 is 5.32 Å². The van der Waals surface area contributed by atoms with Gasteiger partial charge in [0.1, 0.15) is 0 Å². The molecular formula is C22H27N5OS. The van der Waals surface area contributed by atoms with Gasteiger partial charge in [-0.05, 0) is 45.3 Å². The SMILES string of the molecule is Cc1ccc(-c2csc(NC(=O)c3cnn(CCN4CCCCC4)c3)n2)c(C)c1. The zero-order valence-electron chi connectivity index (χ0n) is 17.0. The monoisotopic (exact) mass is 409 g/mol. The molecule has 0 atom stereocenters. The topological polar surface area (TPSA) is 63.1 Å². The smallest absolute Gasteiger partial charge is 0.260 e. The van der Waals surface area contributed by atoms with Crippen molar-refractivity contribution in [2.45, 2.75) is 39.7 Å². The lowest BCUT2D eigenvalue weighted by molar-refractivity contribution is 0.102. The molecule has 1 aliphatic rings. The number of carbonyl (C=O) groups excluding carboxylic acids is 1. The highest BCUT2D eigenvalue weighted by Gasteiger charge is 2.14. The molecule has 7 heteroatoms. The van der Waals surface area contributed by atoms with Gasteiger partial charge in [0.25, 0.3) is 5.91 Å². The van der Waals surface area contributed by atoms with Gasteiger partial charge in [-0.25, -0.2) is 4.98 Å². The molecule has 2 aromatic heterocycles. The maximum atomic E-state index is 12.6. The summed E-state index contributed by atoms with van der Waals surface area (Å²) in [5.41, 5.74) is 4.96. The minimum absolute atomic E-state index is 0.171. The van der Waals surface area contributed by atoms with Gasteiger partial charge in [-0.3, -0.25) is 14.8 Å². The number of benzene rings is 1. The number of carbonyl (C=O) groups is 1. The van der Waals surface area contributed by atoms with Crippen LogP contribution >= 0.6 is 11.3 Å². The van der Waals surface area contributed by atoms with Crippen LogP contribution in [0.15, 0.2) is 36.0 Å². The molecule has 1 saturated heterocycles. The van der Waals surface area contributed by atoms with Crippen molar-refractivity contribution in [1.29, 1.82) is 0 Å². The first kappa shape index (κ1) is 19.8. The highest BCUT2D eigenvalue weighted by Crippen LogP contribution is 2.28. The van der Waals surface area contributed by atoms with Crippen molar-refractivity contribution in [3.63, 3.8) is 0 Å². The second-order valence-corrected chi connectivity index (χ2v) is 8.56. The van der Waals surface area contributed by atoms with Crippen LogP contribution in [-0.2, 0) is 6.54 Å². The maximum absolute atomic E-state index is 12.6. The van der Waals surface area contributed by atoms with Crippen molar-refractivity contribution in [3.8, 4) is 11.3 Å². The first-order valence-corrected chi connectivity index (χ1v) is 11.1. The average Bonchev–Trinajstić information content (AvgIpc) is 3.37. The molecule has 1 fully saturated rings. The van der Waals surface area contributed by atoms with Gasteiger partial charge in [0.2, 0.25) is 0 Å². The molecule has 4 rings (SSSR count). The molecule has 1 aromatic carbocycles. The van der Waals surface area contributed by atoms with Crippen LogP contribution in [0.3, 0.4) is 0 Å². The van der Waals surface area contributed by atoms with Gasteiger partial charge in [-0.1, -0.05) is 30.2 Å². The lowest BCUT2D eigenvalue weighted by atomic mass is 10.0. The van der Waals surface area contributed by atoms with E-state index in [1.54, 1.807) is 6.20 Å². The average molecular weight is 410 g/mol. The van der Waals surface area contributed by atoms with E-state index in [1.165, 1.54) is 54.8 Å². The predicted molar refractivity (Wildman–Crippen MR) is 117 cm³/mol. The summed E-state index contributed by atoms with van der Waals surface area (Å²) < 4.78 is 1.85. The number of likely N-dealkylation sites (tertiary alicyclic amines) is 1. The third-order valence-electron chi connectivity index (χ3n) is 5.37. The molecule has 0 unspecified atom stereocenters. The van der Waals surface area contributed by atoms with E-state index in [0.29, 0.717) is 10.7 Å². The van der Waals surface area contributed by atoms with Crippen LogP contribution in [-0.4, -0.2) is 45.2 Å². The lowest BCUT2D eigenvalue weighted by Gasteiger charge is -2.26. The van der Waals surface area contributed by atoms with E-state index in [1.807, 2.05) is 16.3 Å². The predicted octanol–water partition coefficient (Wildman–Crippen LogP) is 4.36. The fourth-order valence-electron chi connectivity index (χ4n) is 3.76. The number of hydrogen-bond donors (Lipinski definition) is 1. The second kappa shape index (κ2) is 8.88. The third kappa shape index (κ3) is 4.92. The van der Waals surface area contributed by atoms with Crippen molar-refractivity contribution >= 4 is 22.4 Å². The Balaban J connectivity index is 1.36. The molecule has 6 nitrogen and oxygen atoms in total. The van der Waals surface area contributed by atoms with Gasteiger partial charge in [-0.2, -0.15) is 5.10 Å². The van der Waals surface area contributed by atoms with E-state index in [4.69, 9.17) is 0 Å². The van der Waals surface area contributed by atoms with Gasteiger partial charge in [0, 0.05) is 23.7 Å². The lowest BCUT2D eigenvalue weighted by Crippen LogP contribution is -2.32. The number of anilines is 1. The maximum Gasteiger partial charge on any atom is 0.260 e. The summed E-state index contributed by atoms with van der Waals surface area (Å²) in [6.07, 6.45) is 7.35. The van der Waals surface area contributed by atoms with Crippen LogP contribution in [0.1, 0.15) is 40.7 Å². The van der Waals surface area contributed by atoms with Gasteiger partial charge in [0.15, 0.2) is 5.13 Å². The Labute approximate surface area is 175 Å². The number of amides is 1. The summed E-state index contributed by atoms with van der Waals surface area (Å²) in [4.78, 5) is 19.6. The standard InChI is InChI=1S/C22H27N5OS/c1-16-6-7-19(17(2)12-16)20-15-29-22(24-20)25-21(28)18-13-23-27(14-18)11-10-26-8-4-3-5-9-26/h6-7,12-15H,3-5,8-11H2,1-2H3,(H,24,25,28). The minimum Gasteiger partial charge on any atom is -0.301 e. The van der Waals surface area contributed by atoms with Crippen LogP contribution in [0.4, 0.5) is 5.13 Å². The fraction of sp³-hybridized carbons (Fsp3) is 0.409. The summed E-state index contributed by atoms with van der Waals surface area (Å²) in [6.45, 7) is 8.28. The zero-order chi connectivity index (χ0) is 20.2. The van der Waals surface area contributed by atoms with E-state index in [-0.39, 0.29) is 5.91 Å². The number of thiazole rings is 1. The van der Waals surface area contributed by atoms with Crippen LogP contribution in [0.2, 0.25) is 0 Å². The number of nitrogens with one attached hydrogen (secondary N) is 1. The van der Waals surface area contributed by atoms with E-state index in [9.17, 15) is 4.79 Å². The van der Waals surface area contributed by atoms with E-state index >= 15 is 0 Å². The Morgan fingerprint density at radius 2 is 2.00 bits per heavy atom. The molecule has 1 aliphatic heterocycles. The van der Waals surface area contributed by atoms with Gasteiger partial charge in [0.05, 0.1) is 24.0 Å². The summed E-state index contributed by atoms with van der Waals surface area (Å²) in [6, 6.07) is 6.31. The zero-order valence-corrected chi connectivity index (χ0v) is 17.8. The number of nitrogens with zero attached hydrogens (tertiary/aromatic N) is 4. The van der Waals surface area contributed by atoms with E-state index in [2.05, 4.69) is 52.3 Å². The second-order valence-electron chi connectivity index (χ2n) is 7.70. The molecule has 0 saturated carbocycles. The van der Waals surface area contributed by atoms with Gasteiger partial charge in [-0.15, -0.1) is 11.3 Å². The molecule has 29 heavy (non-hydrogen) atoms. The molecule has 3 aromatic rings. The number of aromatic nitrogens is 3. The Kier molecular flexibility index (Phi) is 6.06. The summed E-state index contributed by atoms with van der Waals surface area (Å²) in [5.74, 6) is -0.171.